The van der Waals surface area contributed by atoms with Crippen molar-refractivity contribution in [1.29, 1.82) is 0 Å². The molecule has 1 atom stereocenters. The third-order valence-electron chi connectivity index (χ3n) is 5.17. The molecule has 0 radical (unpaired) electrons. The summed E-state index contributed by atoms with van der Waals surface area (Å²) in [5.74, 6) is -0.899. The molecule has 0 aliphatic heterocycles. The summed E-state index contributed by atoms with van der Waals surface area (Å²) in [6, 6.07) is 13.4. The number of carbonyl (C=O) groups excluding carboxylic acids is 3. The van der Waals surface area contributed by atoms with Crippen LogP contribution in [0.25, 0.3) is 0 Å². The molecular weight excluding hydrogens is 502 g/mol. The van der Waals surface area contributed by atoms with Gasteiger partial charge in [0.15, 0.2) is 6.10 Å². The molecule has 188 valence electrons. The maximum Gasteiger partial charge on any atom is 0.341 e. The van der Waals surface area contributed by atoms with Gasteiger partial charge in [-0.25, -0.2) is 10.2 Å². The Morgan fingerprint density at radius 1 is 1.11 bits per heavy atom. The van der Waals surface area contributed by atoms with E-state index < -0.39 is 18.0 Å². The molecule has 0 bridgehead atoms. The largest absolute Gasteiger partial charge is 0.481 e. The monoisotopic (exact) mass is 527 g/mol. The van der Waals surface area contributed by atoms with E-state index in [-0.39, 0.29) is 12.5 Å². The minimum Gasteiger partial charge on any atom is -0.481 e. The molecule has 0 aliphatic rings. The lowest BCUT2D eigenvalue weighted by Gasteiger charge is -2.13. The highest BCUT2D eigenvalue weighted by Crippen LogP contribution is 2.33. The lowest BCUT2D eigenvalue weighted by atomic mass is 10.1. The molecule has 0 saturated carbocycles. The summed E-state index contributed by atoms with van der Waals surface area (Å²) in [5, 5.41) is 7.66. The van der Waals surface area contributed by atoms with Gasteiger partial charge >= 0.3 is 5.97 Å². The number of amides is 2. The van der Waals surface area contributed by atoms with Crippen LogP contribution in [-0.4, -0.2) is 36.7 Å². The number of benzene rings is 2. The van der Waals surface area contributed by atoms with Crippen LogP contribution >= 0.6 is 22.9 Å². The number of nitrogens with one attached hydrogen (secondary N) is 2. The van der Waals surface area contributed by atoms with E-state index in [4.69, 9.17) is 21.1 Å². The molecule has 0 fully saturated rings. The maximum atomic E-state index is 12.8. The number of aryl methyl sites for hydroxylation is 1. The highest BCUT2D eigenvalue weighted by atomic mass is 35.5. The summed E-state index contributed by atoms with van der Waals surface area (Å²) in [4.78, 5) is 38.3. The van der Waals surface area contributed by atoms with Crippen molar-refractivity contribution in [1.82, 2.24) is 5.43 Å². The molecule has 0 aliphatic carbocycles. The van der Waals surface area contributed by atoms with Crippen LogP contribution in [0.15, 0.2) is 53.6 Å². The number of hydrogen-bond acceptors (Lipinski definition) is 7. The summed E-state index contributed by atoms with van der Waals surface area (Å²) in [7, 11) is 0. The number of thiophene rings is 1. The van der Waals surface area contributed by atoms with Gasteiger partial charge in [0.1, 0.15) is 10.8 Å². The number of hydrazone groups is 1. The van der Waals surface area contributed by atoms with Crippen LogP contribution in [-0.2, 0) is 9.53 Å². The van der Waals surface area contributed by atoms with Gasteiger partial charge < -0.3 is 14.8 Å². The Balaban J connectivity index is 1.59. The van der Waals surface area contributed by atoms with Crippen LogP contribution in [0.3, 0.4) is 0 Å². The van der Waals surface area contributed by atoms with E-state index in [2.05, 4.69) is 15.8 Å². The Bertz CT molecular complexity index is 1290. The van der Waals surface area contributed by atoms with Crippen molar-refractivity contribution >= 4 is 51.9 Å². The number of carbonyl (C=O) groups is 3. The van der Waals surface area contributed by atoms with Crippen molar-refractivity contribution in [3.8, 4) is 5.75 Å². The lowest BCUT2D eigenvalue weighted by molar-refractivity contribution is -0.127. The summed E-state index contributed by atoms with van der Waals surface area (Å²) < 4.78 is 10.8. The Hall–Kier alpha value is -3.69. The van der Waals surface area contributed by atoms with Crippen molar-refractivity contribution < 1.29 is 23.9 Å². The Morgan fingerprint density at radius 2 is 1.81 bits per heavy atom. The predicted molar refractivity (Wildman–Crippen MR) is 141 cm³/mol. The quantitative estimate of drug-likeness (QED) is 0.221. The lowest BCUT2D eigenvalue weighted by Crippen LogP contribution is -2.33. The molecule has 8 nitrogen and oxygen atoms in total. The molecule has 36 heavy (non-hydrogen) atoms. The zero-order valence-electron chi connectivity index (χ0n) is 20.3. The molecule has 2 aromatic carbocycles. The number of esters is 1. The van der Waals surface area contributed by atoms with Gasteiger partial charge in [0.2, 0.25) is 0 Å². The average Bonchev–Trinajstić information content (AvgIpc) is 3.13. The average molecular weight is 528 g/mol. The normalized spacial score (nSPS) is 11.7. The fourth-order valence-corrected chi connectivity index (χ4v) is 4.35. The van der Waals surface area contributed by atoms with E-state index in [1.165, 1.54) is 17.6 Å². The molecule has 1 aromatic heterocycles. The number of rotatable bonds is 9. The summed E-state index contributed by atoms with van der Waals surface area (Å²) >= 11 is 7.37. The van der Waals surface area contributed by atoms with Crippen molar-refractivity contribution in [2.45, 2.75) is 33.8 Å². The number of nitrogens with zero attached hydrogens (tertiary/aromatic N) is 1. The van der Waals surface area contributed by atoms with Crippen LogP contribution in [0.4, 0.5) is 5.00 Å². The van der Waals surface area contributed by atoms with E-state index in [9.17, 15) is 14.4 Å². The van der Waals surface area contributed by atoms with Crippen LogP contribution in [0.1, 0.15) is 50.6 Å². The van der Waals surface area contributed by atoms with Gasteiger partial charge in [0.25, 0.3) is 11.8 Å². The van der Waals surface area contributed by atoms with Crippen molar-refractivity contribution in [2.24, 2.45) is 5.10 Å². The van der Waals surface area contributed by atoms with Crippen LogP contribution in [0.5, 0.6) is 5.75 Å². The number of halogens is 1. The summed E-state index contributed by atoms with van der Waals surface area (Å²) in [6.45, 7) is 7.25. The second kappa shape index (κ2) is 12.3. The molecule has 2 amide bonds. The molecule has 3 aromatic rings. The molecule has 0 spiro atoms. The van der Waals surface area contributed by atoms with E-state index in [1.807, 2.05) is 19.9 Å². The maximum absolute atomic E-state index is 12.8. The highest BCUT2D eigenvalue weighted by molar-refractivity contribution is 7.16. The van der Waals surface area contributed by atoms with Gasteiger partial charge in [0, 0.05) is 21.0 Å². The fraction of sp³-hybridized carbons (Fsp3) is 0.231. The second-order valence-corrected chi connectivity index (χ2v) is 9.33. The fourth-order valence-electron chi connectivity index (χ4n) is 3.12. The molecule has 3 rings (SSSR count). The molecule has 1 heterocycles. The molecule has 0 saturated heterocycles. The first-order valence-corrected chi connectivity index (χ1v) is 12.3. The number of ether oxygens (including phenoxy) is 2. The Morgan fingerprint density at radius 3 is 2.47 bits per heavy atom. The zero-order chi connectivity index (χ0) is 26.2. The highest BCUT2D eigenvalue weighted by Gasteiger charge is 2.22. The van der Waals surface area contributed by atoms with Gasteiger partial charge in [0.05, 0.1) is 18.4 Å². The van der Waals surface area contributed by atoms with E-state index in [0.717, 1.165) is 10.4 Å². The third kappa shape index (κ3) is 6.71. The Kier molecular flexibility index (Phi) is 9.21. The zero-order valence-corrected chi connectivity index (χ0v) is 21.8. The smallest absolute Gasteiger partial charge is 0.341 e. The van der Waals surface area contributed by atoms with Gasteiger partial charge in [-0.15, -0.1) is 11.3 Å². The van der Waals surface area contributed by atoms with Gasteiger partial charge in [-0.1, -0.05) is 29.8 Å². The predicted octanol–water partition coefficient (Wildman–Crippen LogP) is 5.36. The van der Waals surface area contributed by atoms with Crippen LogP contribution in [0.2, 0.25) is 5.02 Å². The van der Waals surface area contributed by atoms with E-state index in [1.54, 1.807) is 56.3 Å². The third-order valence-corrected chi connectivity index (χ3v) is 6.64. The number of anilines is 1. The number of hydrogen-bond donors (Lipinski definition) is 2. The molecule has 10 heteroatoms. The standard InChI is InChI=1S/C26H26ClN3O5S/c1-5-34-26(33)22-15(2)17(4)36-25(22)29-24(32)18-10-12-20(13-11-18)35-16(3)23(31)30-28-14-19-8-6-7-9-21(19)27/h6-14,16H,5H2,1-4H3,(H,29,32)(H,30,31). The van der Waals surface area contributed by atoms with Crippen molar-refractivity contribution in [2.75, 3.05) is 11.9 Å². The first kappa shape index (κ1) is 26.9. The summed E-state index contributed by atoms with van der Waals surface area (Å²) in [6.07, 6.45) is 0.613. The molecule has 1 unspecified atom stereocenters. The van der Waals surface area contributed by atoms with E-state index in [0.29, 0.717) is 32.5 Å². The first-order chi connectivity index (χ1) is 17.2. The van der Waals surface area contributed by atoms with Crippen LogP contribution in [0, 0.1) is 13.8 Å². The van der Waals surface area contributed by atoms with Gasteiger partial charge in [-0.3, -0.25) is 9.59 Å². The van der Waals surface area contributed by atoms with Crippen molar-refractivity contribution in [3.05, 3.63) is 80.7 Å². The second-order valence-electron chi connectivity index (χ2n) is 7.70. The van der Waals surface area contributed by atoms with Crippen LogP contribution < -0.4 is 15.5 Å². The minimum absolute atomic E-state index is 0.242. The van der Waals surface area contributed by atoms with Gasteiger partial charge in [-0.2, -0.15) is 5.10 Å². The first-order valence-electron chi connectivity index (χ1n) is 11.1. The SMILES string of the molecule is CCOC(=O)c1c(NC(=O)c2ccc(OC(C)C(=O)NN=Cc3ccccc3Cl)cc2)sc(C)c1C. The van der Waals surface area contributed by atoms with E-state index >= 15 is 0 Å². The summed E-state index contributed by atoms with van der Waals surface area (Å²) in [5.41, 5.74) is 4.59. The van der Waals surface area contributed by atoms with Gasteiger partial charge in [-0.05, 0) is 63.6 Å². The minimum atomic E-state index is -0.836. The van der Waals surface area contributed by atoms with Crippen molar-refractivity contribution in [3.63, 3.8) is 0 Å². The molecule has 2 N–H and O–H groups in total. The Labute approximate surface area is 218 Å². The molecular formula is C26H26ClN3O5S. The topological polar surface area (TPSA) is 106 Å².